The maximum Gasteiger partial charge on any atom is 0.193 e. The van der Waals surface area contributed by atoms with Gasteiger partial charge >= 0.3 is 0 Å². The summed E-state index contributed by atoms with van der Waals surface area (Å²) in [5.41, 5.74) is 5.48. The molecule has 3 nitrogen and oxygen atoms in total. The molecule has 0 radical (unpaired) electrons. The summed E-state index contributed by atoms with van der Waals surface area (Å²) in [5.74, 6) is 0.762. The summed E-state index contributed by atoms with van der Waals surface area (Å²) < 4.78 is 5.93. The fourth-order valence-corrected chi connectivity index (χ4v) is 3.60. The van der Waals surface area contributed by atoms with Gasteiger partial charge in [0.1, 0.15) is 12.4 Å². The van der Waals surface area contributed by atoms with Gasteiger partial charge in [-0.2, -0.15) is 0 Å². The Hall–Kier alpha value is -3.46. The number of carbonyl (C=O) groups excluding carboxylic acids is 1. The molecule has 0 spiro atoms. The molecule has 0 N–H and O–H groups in total. The van der Waals surface area contributed by atoms with E-state index in [4.69, 9.17) is 4.74 Å². The minimum absolute atomic E-state index is 0.0705. The van der Waals surface area contributed by atoms with Gasteiger partial charge in [0.25, 0.3) is 0 Å². The number of benzene rings is 3. The van der Waals surface area contributed by atoms with E-state index in [2.05, 4.69) is 4.98 Å². The van der Waals surface area contributed by atoms with Gasteiger partial charge in [-0.1, -0.05) is 96.1 Å². The molecule has 3 aromatic carbocycles. The number of aromatic nitrogens is 1. The number of ketones is 1. The van der Waals surface area contributed by atoms with Crippen LogP contribution in [0.1, 0.15) is 74.3 Å². The van der Waals surface area contributed by atoms with E-state index in [1.54, 1.807) is 0 Å². The second-order valence-electron chi connectivity index (χ2n) is 6.77. The molecule has 0 saturated heterocycles. The van der Waals surface area contributed by atoms with Crippen LogP contribution >= 0.6 is 0 Å². The molecular formula is C30H35NO2. The summed E-state index contributed by atoms with van der Waals surface area (Å²) in [4.78, 5) is 17.4. The summed E-state index contributed by atoms with van der Waals surface area (Å²) in [5, 5.41) is 1.11. The van der Waals surface area contributed by atoms with Crippen molar-refractivity contribution in [3.05, 3.63) is 107 Å². The van der Waals surface area contributed by atoms with Gasteiger partial charge in [-0.15, -0.1) is 0 Å². The van der Waals surface area contributed by atoms with E-state index in [0.717, 1.165) is 45.3 Å². The Morgan fingerprint density at radius 3 is 2.18 bits per heavy atom. The Kier molecular flexibility index (Phi) is 10.3. The molecular weight excluding hydrogens is 406 g/mol. The van der Waals surface area contributed by atoms with Crippen LogP contribution in [0.25, 0.3) is 10.9 Å². The van der Waals surface area contributed by atoms with Crippen molar-refractivity contribution in [2.45, 2.75) is 54.6 Å². The number of fused-ring (bicyclic) bond motifs is 3. The standard InChI is InChI=1S/C24H17NO2.3C2H6/c26-24-21-7-3-1-6-17(21)13-18-10-12-20(14-22(18)24)27-15-19-11-9-16-5-2-4-8-23(16)25-19;3*1-2/h1-12,14H,13,15H2;3*1-2H3. The third-order valence-corrected chi connectivity index (χ3v) is 5.01. The Bertz CT molecular complexity index is 1180. The van der Waals surface area contributed by atoms with E-state index in [-0.39, 0.29) is 5.78 Å². The third-order valence-electron chi connectivity index (χ3n) is 5.01. The number of nitrogens with zero attached hydrogens (tertiary/aromatic N) is 1. The van der Waals surface area contributed by atoms with Crippen molar-refractivity contribution in [2.75, 3.05) is 0 Å². The molecule has 3 heteroatoms. The number of para-hydroxylation sites is 1. The molecule has 172 valence electrons. The lowest BCUT2D eigenvalue weighted by molar-refractivity contribution is 0.103. The van der Waals surface area contributed by atoms with E-state index in [1.807, 2.05) is 120 Å². The minimum atomic E-state index is 0.0705. The first-order chi connectivity index (χ1) is 16.3. The Labute approximate surface area is 198 Å². The summed E-state index contributed by atoms with van der Waals surface area (Å²) >= 11 is 0. The zero-order chi connectivity index (χ0) is 24.2. The minimum Gasteiger partial charge on any atom is -0.487 e. The van der Waals surface area contributed by atoms with Crippen molar-refractivity contribution >= 4 is 16.7 Å². The lowest BCUT2D eigenvalue weighted by Crippen LogP contribution is -2.15. The van der Waals surface area contributed by atoms with Crippen LogP contribution in [0.3, 0.4) is 0 Å². The predicted octanol–water partition coefficient (Wildman–Crippen LogP) is 8.03. The van der Waals surface area contributed by atoms with E-state index in [0.29, 0.717) is 12.4 Å². The van der Waals surface area contributed by atoms with Crippen LogP contribution in [0.4, 0.5) is 0 Å². The highest BCUT2D eigenvalue weighted by Gasteiger charge is 2.23. The van der Waals surface area contributed by atoms with Gasteiger partial charge in [0, 0.05) is 16.5 Å². The average Bonchev–Trinajstić information content (AvgIpc) is 2.91. The van der Waals surface area contributed by atoms with Crippen molar-refractivity contribution in [3.8, 4) is 5.75 Å². The van der Waals surface area contributed by atoms with E-state index >= 15 is 0 Å². The van der Waals surface area contributed by atoms with Gasteiger partial charge in [-0.3, -0.25) is 4.79 Å². The van der Waals surface area contributed by atoms with Crippen molar-refractivity contribution in [3.63, 3.8) is 0 Å². The molecule has 0 atom stereocenters. The zero-order valence-corrected chi connectivity index (χ0v) is 20.7. The fraction of sp³-hybridized carbons (Fsp3) is 0.267. The summed E-state index contributed by atoms with van der Waals surface area (Å²) in [6, 6.07) is 25.6. The highest BCUT2D eigenvalue weighted by molar-refractivity contribution is 6.12. The van der Waals surface area contributed by atoms with Crippen LogP contribution in [0.2, 0.25) is 0 Å². The second-order valence-corrected chi connectivity index (χ2v) is 6.77. The van der Waals surface area contributed by atoms with Gasteiger partial charge in [-0.05, 0) is 41.8 Å². The third kappa shape index (κ3) is 6.07. The number of rotatable bonds is 3. The van der Waals surface area contributed by atoms with Crippen LogP contribution < -0.4 is 4.74 Å². The van der Waals surface area contributed by atoms with Crippen LogP contribution in [-0.4, -0.2) is 10.8 Å². The molecule has 0 saturated carbocycles. The van der Waals surface area contributed by atoms with Gasteiger partial charge in [0.2, 0.25) is 0 Å². The quantitative estimate of drug-likeness (QED) is 0.284. The highest BCUT2D eigenvalue weighted by Crippen LogP contribution is 2.30. The molecule has 1 aromatic heterocycles. The van der Waals surface area contributed by atoms with Gasteiger partial charge in [-0.25, -0.2) is 4.98 Å². The molecule has 33 heavy (non-hydrogen) atoms. The molecule has 1 aliphatic rings. The first-order valence-electron chi connectivity index (χ1n) is 12.0. The number of hydrogen-bond donors (Lipinski definition) is 0. The highest BCUT2D eigenvalue weighted by atomic mass is 16.5. The van der Waals surface area contributed by atoms with Crippen LogP contribution in [0, 0.1) is 0 Å². The second kappa shape index (κ2) is 13.2. The number of ether oxygens (including phenoxy) is 1. The topological polar surface area (TPSA) is 39.2 Å². The molecule has 5 rings (SSSR count). The van der Waals surface area contributed by atoms with E-state index in [1.165, 1.54) is 0 Å². The summed E-state index contributed by atoms with van der Waals surface area (Å²) in [7, 11) is 0. The van der Waals surface area contributed by atoms with Crippen LogP contribution in [0.15, 0.2) is 78.9 Å². The molecule has 4 aromatic rings. The van der Waals surface area contributed by atoms with Gasteiger partial charge < -0.3 is 4.74 Å². The molecule has 1 heterocycles. The monoisotopic (exact) mass is 441 g/mol. The fourth-order valence-electron chi connectivity index (χ4n) is 3.60. The zero-order valence-electron chi connectivity index (χ0n) is 20.7. The molecule has 0 bridgehead atoms. The maximum atomic E-state index is 12.8. The Morgan fingerprint density at radius 1 is 0.727 bits per heavy atom. The smallest absolute Gasteiger partial charge is 0.193 e. The molecule has 0 amide bonds. The van der Waals surface area contributed by atoms with Crippen molar-refractivity contribution < 1.29 is 9.53 Å². The Balaban J connectivity index is 0.000000597. The number of carbonyl (C=O) groups is 1. The molecule has 0 fully saturated rings. The first-order valence-corrected chi connectivity index (χ1v) is 12.0. The van der Waals surface area contributed by atoms with Crippen molar-refractivity contribution in [1.29, 1.82) is 0 Å². The van der Waals surface area contributed by atoms with E-state index < -0.39 is 0 Å². The lowest BCUT2D eigenvalue weighted by Gasteiger charge is -2.19. The largest absolute Gasteiger partial charge is 0.487 e. The van der Waals surface area contributed by atoms with Crippen molar-refractivity contribution in [1.82, 2.24) is 4.98 Å². The number of hydrogen-bond acceptors (Lipinski definition) is 3. The van der Waals surface area contributed by atoms with Gasteiger partial charge in [0.05, 0.1) is 11.2 Å². The number of pyridine rings is 1. The maximum absolute atomic E-state index is 12.8. The first kappa shape index (κ1) is 25.8. The Morgan fingerprint density at radius 2 is 1.39 bits per heavy atom. The van der Waals surface area contributed by atoms with Crippen LogP contribution in [-0.2, 0) is 13.0 Å². The van der Waals surface area contributed by atoms with Crippen LogP contribution in [0.5, 0.6) is 5.75 Å². The van der Waals surface area contributed by atoms with E-state index in [9.17, 15) is 4.79 Å². The predicted molar refractivity (Wildman–Crippen MR) is 139 cm³/mol. The lowest BCUT2D eigenvalue weighted by atomic mass is 9.85. The molecule has 0 unspecified atom stereocenters. The van der Waals surface area contributed by atoms with Crippen molar-refractivity contribution in [2.24, 2.45) is 0 Å². The molecule has 0 aliphatic heterocycles. The molecule has 1 aliphatic carbocycles. The SMILES string of the molecule is CC.CC.CC.O=C1c2ccccc2Cc2ccc(OCc3ccc4ccccc4n3)cc21. The summed E-state index contributed by atoms with van der Waals surface area (Å²) in [6.45, 7) is 12.4. The summed E-state index contributed by atoms with van der Waals surface area (Å²) in [6.07, 6.45) is 0.782. The average molecular weight is 442 g/mol. The normalized spacial score (nSPS) is 10.8. The van der Waals surface area contributed by atoms with Gasteiger partial charge in [0.15, 0.2) is 5.78 Å².